The van der Waals surface area contributed by atoms with Crippen LogP contribution in [0.4, 0.5) is 0 Å². The summed E-state index contributed by atoms with van der Waals surface area (Å²) in [4.78, 5) is 0. The summed E-state index contributed by atoms with van der Waals surface area (Å²) in [5.74, 6) is 0. The van der Waals surface area contributed by atoms with Crippen molar-refractivity contribution in [2.45, 2.75) is 46.0 Å². The second-order valence-corrected chi connectivity index (χ2v) is 3.05. The molecule has 0 N–H and O–H groups in total. The second kappa shape index (κ2) is 17.9. The summed E-state index contributed by atoms with van der Waals surface area (Å²) in [7, 11) is 3.30. The fraction of sp³-hybridized carbons (Fsp3) is 1.00. The van der Waals surface area contributed by atoms with Crippen molar-refractivity contribution in [2.24, 2.45) is 0 Å². The van der Waals surface area contributed by atoms with E-state index in [2.05, 4.69) is 23.3 Å². The maximum absolute atomic E-state index is 4.66. The molecule has 0 aliphatic carbocycles. The Hall–Kier alpha value is -0.0800. The van der Waals surface area contributed by atoms with Crippen molar-refractivity contribution < 1.29 is 9.47 Å². The smallest absolute Gasteiger partial charge is 0.0696 e. The Balaban J connectivity index is 0. The van der Waals surface area contributed by atoms with Gasteiger partial charge in [0.2, 0.25) is 0 Å². The fourth-order valence-corrected chi connectivity index (χ4v) is 0.843. The quantitative estimate of drug-likeness (QED) is 0.574. The summed E-state index contributed by atoms with van der Waals surface area (Å²) in [5.41, 5.74) is 0. The van der Waals surface area contributed by atoms with E-state index < -0.39 is 0 Å². The molecule has 0 saturated carbocycles. The third-order valence-corrected chi connectivity index (χ3v) is 1.70. The van der Waals surface area contributed by atoms with Crippen LogP contribution >= 0.6 is 0 Å². The SMILES string of the molecule is CCCCCCC.COCCOC. The molecule has 0 amide bonds. The van der Waals surface area contributed by atoms with Crippen LogP contribution in [0, 0.1) is 0 Å². The minimum atomic E-state index is 0.691. The van der Waals surface area contributed by atoms with Gasteiger partial charge in [0.1, 0.15) is 0 Å². The maximum Gasteiger partial charge on any atom is 0.0696 e. The van der Waals surface area contributed by atoms with Crippen LogP contribution in [0.2, 0.25) is 0 Å². The molecular weight excluding hydrogens is 164 g/mol. The van der Waals surface area contributed by atoms with Crippen LogP contribution < -0.4 is 0 Å². The van der Waals surface area contributed by atoms with E-state index in [4.69, 9.17) is 0 Å². The maximum atomic E-state index is 4.66. The highest BCUT2D eigenvalue weighted by atomic mass is 16.5. The number of methoxy groups -OCH3 is 2. The van der Waals surface area contributed by atoms with Gasteiger partial charge in [-0.25, -0.2) is 0 Å². The Morgan fingerprint density at radius 3 is 1.31 bits per heavy atom. The van der Waals surface area contributed by atoms with E-state index in [-0.39, 0.29) is 0 Å². The van der Waals surface area contributed by atoms with Gasteiger partial charge in [-0.15, -0.1) is 0 Å². The van der Waals surface area contributed by atoms with E-state index >= 15 is 0 Å². The Kier molecular flexibility index (Phi) is 21.2. The molecule has 0 aromatic carbocycles. The molecule has 0 rings (SSSR count). The molecule has 0 fully saturated rings. The molecule has 0 saturated heterocycles. The zero-order valence-corrected chi connectivity index (χ0v) is 9.77. The molecule has 2 heteroatoms. The highest BCUT2D eigenvalue weighted by Gasteiger charge is 1.80. The lowest BCUT2D eigenvalue weighted by atomic mass is 10.2. The van der Waals surface area contributed by atoms with Crippen molar-refractivity contribution in [2.75, 3.05) is 27.4 Å². The molecule has 0 heterocycles. The van der Waals surface area contributed by atoms with Crippen molar-refractivity contribution in [3.63, 3.8) is 0 Å². The van der Waals surface area contributed by atoms with Crippen molar-refractivity contribution in [3.05, 3.63) is 0 Å². The topological polar surface area (TPSA) is 18.5 Å². The molecule has 0 aliphatic rings. The minimum Gasteiger partial charge on any atom is -0.382 e. The third-order valence-electron chi connectivity index (χ3n) is 1.70. The summed E-state index contributed by atoms with van der Waals surface area (Å²) >= 11 is 0. The molecule has 13 heavy (non-hydrogen) atoms. The standard InChI is InChI=1S/C7H16.C4H10O2/c1-3-5-7-6-4-2;1-5-3-4-6-2/h3-7H2,1-2H3;3-4H2,1-2H3. The van der Waals surface area contributed by atoms with E-state index in [9.17, 15) is 0 Å². The van der Waals surface area contributed by atoms with Crippen LogP contribution in [0.15, 0.2) is 0 Å². The van der Waals surface area contributed by atoms with E-state index in [1.807, 2.05) is 0 Å². The third kappa shape index (κ3) is 24.5. The number of hydrogen-bond donors (Lipinski definition) is 0. The lowest BCUT2D eigenvalue weighted by molar-refractivity contribution is 0.103. The van der Waals surface area contributed by atoms with Gasteiger partial charge in [-0.05, 0) is 0 Å². The zero-order valence-electron chi connectivity index (χ0n) is 9.77. The first-order chi connectivity index (χ1) is 6.33. The summed E-state index contributed by atoms with van der Waals surface area (Å²) in [6.07, 6.45) is 7.01. The van der Waals surface area contributed by atoms with Crippen LogP contribution in [0.1, 0.15) is 46.0 Å². The molecule has 0 radical (unpaired) electrons. The molecule has 82 valence electrons. The monoisotopic (exact) mass is 190 g/mol. The Labute approximate surface area is 83.6 Å². The fourth-order valence-electron chi connectivity index (χ4n) is 0.843. The van der Waals surface area contributed by atoms with Gasteiger partial charge in [-0.3, -0.25) is 0 Å². The first-order valence-electron chi connectivity index (χ1n) is 5.31. The second-order valence-electron chi connectivity index (χ2n) is 3.05. The largest absolute Gasteiger partial charge is 0.382 e. The summed E-state index contributed by atoms with van der Waals surface area (Å²) in [6, 6.07) is 0. The highest BCUT2D eigenvalue weighted by molar-refractivity contribution is 4.35. The number of ether oxygens (including phenoxy) is 2. The van der Waals surface area contributed by atoms with E-state index in [0.717, 1.165) is 0 Å². The minimum absolute atomic E-state index is 0.691. The number of hydrogen-bond acceptors (Lipinski definition) is 2. The summed E-state index contributed by atoms with van der Waals surface area (Å²) in [5, 5.41) is 0. The predicted molar refractivity (Wildman–Crippen MR) is 58.2 cm³/mol. The van der Waals surface area contributed by atoms with Crippen LogP contribution in [0.3, 0.4) is 0 Å². The molecule has 0 aromatic rings. The number of rotatable bonds is 7. The van der Waals surface area contributed by atoms with Gasteiger partial charge in [0.05, 0.1) is 13.2 Å². The lowest BCUT2D eigenvalue weighted by Crippen LogP contribution is -1.96. The zero-order chi connectivity index (χ0) is 10.4. The van der Waals surface area contributed by atoms with E-state index in [0.29, 0.717) is 13.2 Å². The van der Waals surface area contributed by atoms with Gasteiger partial charge >= 0.3 is 0 Å². The van der Waals surface area contributed by atoms with Gasteiger partial charge in [0, 0.05) is 14.2 Å². The molecular formula is C11H26O2. The molecule has 0 unspecified atom stereocenters. The normalized spacial score (nSPS) is 9.23. The Bertz CT molecular complexity index is 57.1. The number of unbranched alkanes of at least 4 members (excludes halogenated alkanes) is 4. The Morgan fingerprint density at radius 1 is 0.692 bits per heavy atom. The van der Waals surface area contributed by atoms with Gasteiger partial charge in [0.25, 0.3) is 0 Å². The lowest BCUT2D eigenvalue weighted by Gasteiger charge is -1.91. The van der Waals surface area contributed by atoms with Crippen LogP contribution in [-0.2, 0) is 9.47 Å². The van der Waals surface area contributed by atoms with Crippen molar-refractivity contribution in [1.29, 1.82) is 0 Å². The van der Waals surface area contributed by atoms with Gasteiger partial charge in [-0.2, -0.15) is 0 Å². The average molecular weight is 190 g/mol. The summed E-state index contributed by atoms with van der Waals surface area (Å²) in [6.45, 7) is 5.87. The Morgan fingerprint density at radius 2 is 1.08 bits per heavy atom. The van der Waals surface area contributed by atoms with Crippen LogP contribution in [0.5, 0.6) is 0 Å². The molecule has 0 atom stereocenters. The molecule has 2 nitrogen and oxygen atoms in total. The molecule has 0 spiro atoms. The first-order valence-corrected chi connectivity index (χ1v) is 5.31. The van der Waals surface area contributed by atoms with Crippen molar-refractivity contribution in [3.8, 4) is 0 Å². The highest BCUT2D eigenvalue weighted by Crippen LogP contribution is 2.00. The van der Waals surface area contributed by atoms with Gasteiger partial charge < -0.3 is 9.47 Å². The van der Waals surface area contributed by atoms with Gasteiger partial charge in [-0.1, -0.05) is 46.0 Å². The first kappa shape index (κ1) is 15.4. The van der Waals surface area contributed by atoms with Crippen LogP contribution in [-0.4, -0.2) is 27.4 Å². The molecule has 0 aliphatic heterocycles. The molecule has 0 bridgehead atoms. The van der Waals surface area contributed by atoms with Crippen LogP contribution in [0.25, 0.3) is 0 Å². The molecule has 0 aromatic heterocycles. The predicted octanol–water partition coefficient (Wildman–Crippen LogP) is 3.26. The summed E-state index contributed by atoms with van der Waals surface area (Å²) < 4.78 is 9.31. The van der Waals surface area contributed by atoms with Crippen molar-refractivity contribution in [1.82, 2.24) is 0 Å². The average Bonchev–Trinajstić information content (AvgIpc) is 2.17. The van der Waals surface area contributed by atoms with E-state index in [1.54, 1.807) is 14.2 Å². The van der Waals surface area contributed by atoms with Gasteiger partial charge in [0.15, 0.2) is 0 Å². The van der Waals surface area contributed by atoms with E-state index in [1.165, 1.54) is 32.1 Å². The van der Waals surface area contributed by atoms with Crippen molar-refractivity contribution >= 4 is 0 Å².